The maximum atomic E-state index is 12.1. The smallest absolute Gasteiger partial charge is 0.267 e. The van der Waals surface area contributed by atoms with Gasteiger partial charge in [-0.1, -0.05) is 39.3 Å². The molecule has 0 heterocycles. The lowest BCUT2D eigenvalue weighted by atomic mass is 9.86. The van der Waals surface area contributed by atoms with Gasteiger partial charge in [-0.3, -0.25) is 4.79 Å². The van der Waals surface area contributed by atoms with E-state index in [0.29, 0.717) is 11.5 Å². The van der Waals surface area contributed by atoms with E-state index >= 15 is 0 Å². The van der Waals surface area contributed by atoms with E-state index < -0.39 is 0 Å². The Morgan fingerprint density at radius 2 is 1.86 bits per heavy atom. The molecule has 1 amide bonds. The first-order chi connectivity index (χ1) is 10.1. The predicted octanol–water partition coefficient (Wildman–Crippen LogP) is 4.50. The quantitative estimate of drug-likeness (QED) is 0.814. The molecular formula is C18H26N2O. The topological polar surface area (TPSA) is 41.5 Å². The first-order valence-corrected chi connectivity index (χ1v) is 8.06. The molecule has 21 heavy (non-hydrogen) atoms. The summed E-state index contributed by atoms with van der Waals surface area (Å²) in [6.45, 7) is 6.54. The van der Waals surface area contributed by atoms with E-state index in [-0.39, 0.29) is 5.91 Å². The number of carbonyl (C=O) groups is 1. The van der Waals surface area contributed by atoms with Crippen molar-refractivity contribution in [3.63, 3.8) is 0 Å². The van der Waals surface area contributed by atoms with Crippen molar-refractivity contribution in [2.75, 3.05) is 0 Å². The number of benzene rings is 1. The largest absolute Gasteiger partial charge is 0.271 e. The van der Waals surface area contributed by atoms with Crippen LogP contribution in [0, 0.1) is 5.92 Å². The Balaban J connectivity index is 1.90. The Morgan fingerprint density at radius 3 is 2.38 bits per heavy atom. The fourth-order valence-electron chi connectivity index (χ4n) is 2.74. The number of hydrogen-bond acceptors (Lipinski definition) is 2. The van der Waals surface area contributed by atoms with Crippen LogP contribution in [0.1, 0.15) is 74.7 Å². The summed E-state index contributed by atoms with van der Waals surface area (Å²) in [6, 6.07) is 7.77. The molecule has 2 rings (SSSR count). The van der Waals surface area contributed by atoms with Crippen molar-refractivity contribution in [2.24, 2.45) is 11.0 Å². The van der Waals surface area contributed by atoms with Gasteiger partial charge in [-0.2, -0.15) is 5.10 Å². The number of amides is 1. The number of nitrogens with one attached hydrogen (secondary N) is 1. The second-order valence-electron chi connectivity index (χ2n) is 6.25. The van der Waals surface area contributed by atoms with Crippen LogP contribution in [-0.4, -0.2) is 11.6 Å². The van der Waals surface area contributed by atoms with Crippen LogP contribution in [0.3, 0.4) is 0 Å². The molecule has 0 aliphatic heterocycles. The number of hydrazone groups is 1. The van der Waals surface area contributed by atoms with Gasteiger partial charge in [0.15, 0.2) is 0 Å². The predicted molar refractivity (Wildman–Crippen MR) is 87.7 cm³/mol. The average Bonchev–Trinajstić information content (AvgIpc) is 2.53. The Labute approximate surface area is 127 Å². The summed E-state index contributed by atoms with van der Waals surface area (Å²) in [4.78, 5) is 12.1. The van der Waals surface area contributed by atoms with Crippen LogP contribution in [0.5, 0.6) is 0 Å². The van der Waals surface area contributed by atoms with Gasteiger partial charge in [0.2, 0.25) is 0 Å². The molecule has 1 N–H and O–H groups in total. The molecule has 0 unspecified atom stereocenters. The standard InChI is InChI=1S/C18H26N2O/c1-4-14-5-11-17(12-6-14)19-20-18(21)16-9-7-15(8-10-16)13(2)3/h7-10,13-14H,4-6,11-12H2,1-3H3,(H,20,21). The van der Waals surface area contributed by atoms with Crippen molar-refractivity contribution in [1.29, 1.82) is 0 Å². The molecule has 0 aromatic heterocycles. The lowest BCUT2D eigenvalue weighted by Gasteiger charge is -2.21. The summed E-state index contributed by atoms with van der Waals surface area (Å²) in [5.41, 5.74) is 5.75. The van der Waals surface area contributed by atoms with Crippen LogP contribution < -0.4 is 5.43 Å². The summed E-state index contributed by atoms with van der Waals surface area (Å²) in [5.74, 6) is 1.20. The lowest BCUT2D eigenvalue weighted by Crippen LogP contribution is -2.22. The molecule has 0 radical (unpaired) electrons. The minimum absolute atomic E-state index is 0.115. The zero-order valence-corrected chi connectivity index (χ0v) is 13.4. The highest BCUT2D eigenvalue weighted by atomic mass is 16.2. The van der Waals surface area contributed by atoms with E-state index in [2.05, 4.69) is 31.3 Å². The molecule has 1 saturated carbocycles. The van der Waals surface area contributed by atoms with Crippen molar-refractivity contribution in [3.05, 3.63) is 35.4 Å². The lowest BCUT2D eigenvalue weighted by molar-refractivity contribution is 0.0954. The number of carbonyl (C=O) groups excluding carboxylic acids is 1. The van der Waals surface area contributed by atoms with Crippen LogP contribution >= 0.6 is 0 Å². The minimum Gasteiger partial charge on any atom is -0.267 e. The molecule has 1 aromatic rings. The van der Waals surface area contributed by atoms with Crippen LogP contribution in [0.2, 0.25) is 0 Å². The Hall–Kier alpha value is -1.64. The Bertz CT molecular complexity index is 492. The first-order valence-electron chi connectivity index (χ1n) is 8.06. The summed E-state index contributed by atoms with van der Waals surface area (Å²) in [5, 5.41) is 4.30. The fraction of sp³-hybridized carbons (Fsp3) is 0.556. The van der Waals surface area contributed by atoms with Gasteiger partial charge >= 0.3 is 0 Å². The molecule has 0 spiro atoms. The highest BCUT2D eigenvalue weighted by Crippen LogP contribution is 2.24. The fourth-order valence-corrected chi connectivity index (χ4v) is 2.74. The molecular weight excluding hydrogens is 260 g/mol. The second-order valence-corrected chi connectivity index (χ2v) is 6.25. The Morgan fingerprint density at radius 1 is 1.24 bits per heavy atom. The zero-order chi connectivity index (χ0) is 15.2. The molecule has 1 aliphatic rings. The minimum atomic E-state index is -0.115. The van der Waals surface area contributed by atoms with E-state index in [1.165, 1.54) is 24.8 Å². The SMILES string of the molecule is CCC1CCC(=NNC(=O)c2ccc(C(C)C)cc2)CC1. The van der Waals surface area contributed by atoms with Crippen molar-refractivity contribution >= 4 is 11.6 Å². The maximum absolute atomic E-state index is 12.1. The third kappa shape index (κ3) is 4.42. The van der Waals surface area contributed by atoms with Gasteiger partial charge < -0.3 is 0 Å². The van der Waals surface area contributed by atoms with Crippen molar-refractivity contribution in [2.45, 2.75) is 58.8 Å². The second kappa shape index (κ2) is 7.39. The molecule has 1 aliphatic carbocycles. The summed E-state index contributed by atoms with van der Waals surface area (Å²) >= 11 is 0. The van der Waals surface area contributed by atoms with E-state index in [4.69, 9.17) is 0 Å². The van der Waals surface area contributed by atoms with E-state index in [1.807, 2.05) is 24.3 Å². The molecule has 114 valence electrons. The highest BCUT2D eigenvalue weighted by Gasteiger charge is 2.16. The third-order valence-electron chi connectivity index (χ3n) is 4.41. The third-order valence-corrected chi connectivity index (χ3v) is 4.41. The van der Waals surface area contributed by atoms with Gasteiger partial charge in [0, 0.05) is 11.3 Å². The summed E-state index contributed by atoms with van der Waals surface area (Å²) in [7, 11) is 0. The van der Waals surface area contributed by atoms with E-state index in [9.17, 15) is 4.79 Å². The van der Waals surface area contributed by atoms with Crippen molar-refractivity contribution in [3.8, 4) is 0 Å². The number of rotatable bonds is 4. The number of nitrogens with zero attached hydrogens (tertiary/aromatic N) is 1. The van der Waals surface area contributed by atoms with Gasteiger partial charge in [0.1, 0.15) is 0 Å². The summed E-state index contributed by atoms with van der Waals surface area (Å²) in [6.07, 6.45) is 5.70. The highest BCUT2D eigenvalue weighted by molar-refractivity contribution is 5.95. The monoisotopic (exact) mass is 286 g/mol. The summed E-state index contributed by atoms with van der Waals surface area (Å²) < 4.78 is 0. The molecule has 0 bridgehead atoms. The molecule has 3 nitrogen and oxygen atoms in total. The molecule has 0 atom stereocenters. The van der Waals surface area contributed by atoms with E-state index in [1.54, 1.807) is 0 Å². The van der Waals surface area contributed by atoms with Gasteiger partial charge in [0.05, 0.1) is 0 Å². The normalized spacial score (nSPS) is 18.7. The maximum Gasteiger partial charge on any atom is 0.271 e. The van der Waals surface area contributed by atoms with Gasteiger partial charge in [-0.25, -0.2) is 5.43 Å². The van der Waals surface area contributed by atoms with Crippen LogP contribution in [0.25, 0.3) is 0 Å². The number of hydrogen-bond donors (Lipinski definition) is 1. The van der Waals surface area contributed by atoms with Crippen LogP contribution in [-0.2, 0) is 0 Å². The first kappa shape index (κ1) is 15.7. The van der Waals surface area contributed by atoms with Gasteiger partial charge in [-0.15, -0.1) is 0 Å². The van der Waals surface area contributed by atoms with Crippen molar-refractivity contribution in [1.82, 2.24) is 5.43 Å². The van der Waals surface area contributed by atoms with Crippen molar-refractivity contribution < 1.29 is 4.79 Å². The van der Waals surface area contributed by atoms with Crippen LogP contribution in [0.15, 0.2) is 29.4 Å². The zero-order valence-electron chi connectivity index (χ0n) is 13.4. The van der Waals surface area contributed by atoms with Gasteiger partial charge in [-0.05, 0) is 55.2 Å². The molecule has 1 fully saturated rings. The van der Waals surface area contributed by atoms with Crippen LogP contribution in [0.4, 0.5) is 0 Å². The molecule has 1 aromatic carbocycles. The van der Waals surface area contributed by atoms with E-state index in [0.717, 1.165) is 24.5 Å². The average molecular weight is 286 g/mol. The molecule has 3 heteroatoms. The molecule has 0 saturated heterocycles. The Kier molecular flexibility index (Phi) is 5.54. The van der Waals surface area contributed by atoms with Gasteiger partial charge in [0.25, 0.3) is 5.91 Å².